The van der Waals surface area contributed by atoms with Gasteiger partial charge in [-0.25, -0.2) is 0 Å². The van der Waals surface area contributed by atoms with Crippen LogP contribution in [0.3, 0.4) is 0 Å². The van der Waals surface area contributed by atoms with Crippen molar-refractivity contribution >= 4 is 17.7 Å². The number of rotatable bonds is 2. The summed E-state index contributed by atoms with van der Waals surface area (Å²) in [6, 6.07) is 0. The number of aliphatic hydroxyl groups excluding tert-OH is 1. The summed E-state index contributed by atoms with van der Waals surface area (Å²) < 4.78 is 41.7. The Hall–Kier alpha value is -0.430. The van der Waals surface area contributed by atoms with Gasteiger partial charge in [0.25, 0.3) is 0 Å². The van der Waals surface area contributed by atoms with Gasteiger partial charge in [-0.2, -0.15) is 24.9 Å². The van der Waals surface area contributed by atoms with E-state index in [0.717, 1.165) is 7.11 Å². The number of halogens is 3. The van der Waals surface area contributed by atoms with Crippen molar-refractivity contribution in [2.24, 2.45) is 5.41 Å². The summed E-state index contributed by atoms with van der Waals surface area (Å²) in [6.07, 6.45) is -6.94. The molecule has 2 atom stereocenters. The van der Waals surface area contributed by atoms with Crippen molar-refractivity contribution in [2.75, 3.05) is 18.6 Å². The van der Waals surface area contributed by atoms with Crippen molar-refractivity contribution in [3.63, 3.8) is 0 Å². The van der Waals surface area contributed by atoms with Crippen molar-refractivity contribution in [1.82, 2.24) is 0 Å². The minimum atomic E-state index is -4.49. The standard InChI is InChI=1S/C9H13F3O3S/c1-15-7(14)8(4-9(10,11)12)5-16-3-2-6(8)13/h6,13H,2-5H2,1H3. The molecule has 1 N–H and O–H groups in total. The normalized spacial score (nSPS) is 31.2. The van der Waals surface area contributed by atoms with Crippen LogP contribution in [-0.4, -0.2) is 42.0 Å². The lowest BCUT2D eigenvalue weighted by atomic mass is 9.79. The molecule has 94 valence electrons. The molecule has 1 heterocycles. The van der Waals surface area contributed by atoms with Gasteiger partial charge in [0.15, 0.2) is 0 Å². The molecule has 0 aliphatic carbocycles. The molecule has 3 nitrogen and oxygen atoms in total. The van der Waals surface area contributed by atoms with Crippen molar-refractivity contribution in [3.05, 3.63) is 0 Å². The number of alkyl halides is 3. The Morgan fingerprint density at radius 3 is 2.69 bits per heavy atom. The second-order valence-corrected chi connectivity index (χ2v) is 4.90. The van der Waals surface area contributed by atoms with Gasteiger partial charge in [0.2, 0.25) is 0 Å². The number of thioether (sulfide) groups is 1. The molecule has 0 aromatic rings. The van der Waals surface area contributed by atoms with Gasteiger partial charge in [0.1, 0.15) is 5.41 Å². The molecule has 7 heteroatoms. The average Bonchev–Trinajstić information content (AvgIpc) is 2.18. The lowest BCUT2D eigenvalue weighted by Gasteiger charge is -2.38. The first kappa shape index (κ1) is 13.6. The number of esters is 1. The van der Waals surface area contributed by atoms with Crippen LogP contribution in [0.4, 0.5) is 13.2 Å². The number of aliphatic hydroxyl groups is 1. The van der Waals surface area contributed by atoms with E-state index >= 15 is 0 Å². The summed E-state index contributed by atoms with van der Waals surface area (Å²) in [5, 5.41) is 9.67. The summed E-state index contributed by atoms with van der Waals surface area (Å²) in [7, 11) is 1.03. The van der Waals surface area contributed by atoms with Gasteiger partial charge in [-0.1, -0.05) is 0 Å². The lowest BCUT2D eigenvalue weighted by Crippen LogP contribution is -2.50. The van der Waals surface area contributed by atoms with Crippen LogP contribution in [0.1, 0.15) is 12.8 Å². The van der Waals surface area contributed by atoms with Crippen LogP contribution in [0, 0.1) is 5.41 Å². The lowest BCUT2D eigenvalue weighted by molar-refractivity contribution is -0.191. The molecule has 1 saturated heterocycles. The highest BCUT2D eigenvalue weighted by Crippen LogP contribution is 2.44. The maximum atomic E-state index is 12.4. The number of carbonyl (C=O) groups is 1. The topological polar surface area (TPSA) is 46.5 Å². The average molecular weight is 258 g/mol. The predicted octanol–water partition coefficient (Wildman–Crippen LogP) is 1.60. The zero-order chi connectivity index (χ0) is 12.4. The monoisotopic (exact) mass is 258 g/mol. The van der Waals surface area contributed by atoms with E-state index in [1.54, 1.807) is 0 Å². The molecule has 0 amide bonds. The van der Waals surface area contributed by atoms with E-state index in [4.69, 9.17) is 0 Å². The number of hydrogen-bond donors (Lipinski definition) is 1. The maximum absolute atomic E-state index is 12.4. The Bertz CT molecular complexity index is 269. The molecule has 1 fully saturated rings. The van der Waals surface area contributed by atoms with Crippen LogP contribution < -0.4 is 0 Å². The maximum Gasteiger partial charge on any atom is 0.390 e. The molecular weight excluding hydrogens is 245 g/mol. The Labute approximate surface area is 95.3 Å². The third-order valence-corrected chi connectivity index (χ3v) is 3.88. The van der Waals surface area contributed by atoms with E-state index in [0.29, 0.717) is 5.75 Å². The molecule has 1 rings (SSSR count). The van der Waals surface area contributed by atoms with Crippen LogP contribution in [0.15, 0.2) is 0 Å². The third-order valence-electron chi connectivity index (χ3n) is 2.64. The molecular formula is C9H13F3O3S. The Morgan fingerprint density at radius 1 is 1.62 bits per heavy atom. The van der Waals surface area contributed by atoms with Gasteiger partial charge in [-0.3, -0.25) is 4.79 Å². The van der Waals surface area contributed by atoms with Gasteiger partial charge in [-0.15, -0.1) is 0 Å². The summed E-state index contributed by atoms with van der Waals surface area (Å²) in [4.78, 5) is 11.5. The fourth-order valence-corrected chi connectivity index (χ4v) is 3.13. The third kappa shape index (κ3) is 2.82. The van der Waals surface area contributed by atoms with Crippen molar-refractivity contribution < 1.29 is 27.8 Å². The largest absolute Gasteiger partial charge is 0.468 e. The molecule has 0 radical (unpaired) electrons. The fourth-order valence-electron chi connectivity index (χ4n) is 1.82. The second kappa shape index (κ2) is 4.83. The summed E-state index contributed by atoms with van der Waals surface area (Å²) >= 11 is 1.23. The van der Waals surface area contributed by atoms with E-state index in [1.807, 2.05) is 0 Å². The highest BCUT2D eigenvalue weighted by Gasteiger charge is 2.54. The molecule has 0 spiro atoms. The number of carbonyl (C=O) groups excluding carboxylic acids is 1. The Balaban J connectivity index is 2.95. The minimum Gasteiger partial charge on any atom is -0.468 e. The van der Waals surface area contributed by atoms with Crippen molar-refractivity contribution in [2.45, 2.75) is 25.1 Å². The summed E-state index contributed by atoms with van der Waals surface area (Å²) in [5.74, 6) is -0.484. The molecule has 1 aliphatic heterocycles. The highest BCUT2D eigenvalue weighted by molar-refractivity contribution is 7.99. The summed E-state index contributed by atoms with van der Waals surface area (Å²) in [6.45, 7) is 0. The van der Waals surface area contributed by atoms with E-state index in [-0.39, 0.29) is 12.2 Å². The Morgan fingerprint density at radius 2 is 2.25 bits per heavy atom. The highest BCUT2D eigenvalue weighted by atomic mass is 32.2. The number of ether oxygens (including phenoxy) is 1. The van der Waals surface area contributed by atoms with Crippen molar-refractivity contribution in [1.29, 1.82) is 0 Å². The zero-order valence-electron chi connectivity index (χ0n) is 8.71. The SMILES string of the molecule is COC(=O)C1(CC(F)(F)F)CSCCC1O. The smallest absolute Gasteiger partial charge is 0.390 e. The van der Waals surface area contributed by atoms with Gasteiger partial charge in [-0.05, 0) is 12.2 Å². The zero-order valence-corrected chi connectivity index (χ0v) is 9.53. The first-order chi connectivity index (χ1) is 7.32. The van der Waals surface area contributed by atoms with Gasteiger partial charge >= 0.3 is 12.1 Å². The molecule has 2 unspecified atom stereocenters. The van der Waals surface area contributed by atoms with Gasteiger partial charge in [0, 0.05) is 5.75 Å². The molecule has 0 aromatic carbocycles. The van der Waals surface area contributed by atoms with Crippen LogP contribution in [0.5, 0.6) is 0 Å². The number of hydrogen-bond acceptors (Lipinski definition) is 4. The van der Waals surface area contributed by atoms with Crippen LogP contribution in [0.2, 0.25) is 0 Å². The molecule has 0 saturated carbocycles. The van der Waals surface area contributed by atoms with E-state index in [9.17, 15) is 23.1 Å². The minimum absolute atomic E-state index is 0.0552. The van der Waals surface area contributed by atoms with E-state index in [1.165, 1.54) is 11.8 Å². The fraction of sp³-hybridized carbons (Fsp3) is 0.889. The van der Waals surface area contributed by atoms with Crippen molar-refractivity contribution in [3.8, 4) is 0 Å². The quantitative estimate of drug-likeness (QED) is 0.764. The Kier molecular flexibility index (Phi) is 4.12. The van der Waals surface area contributed by atoms with Crippen LogP contribution in [0.25, 0.3) is 0 Å². The van der Waals surface area contributed by atoms with Gasteiger partial charge in [0.05, 0.1) is 19.6 Å². The van der Waals surface area contributed by atoms with Crippen LogP contribution in [-0.2, 0) is 9.53 Å². The second-order valence-electron chi connectivity index (χ2n) is 3.80. The first-order valence-corrected chi connectivity index (χ1v) is 5.88. The molecule has 1 aliphatic rings. The van der Waals surface area contributed by atoms with E-state index < -0.39 is 30.1 Å². The molecule has 0 bridgehead atoms. The predicted molar refractivity (Wildman–Crippen MR) is 53.1 cm³/mol. The molecule has 16 heavy (non-hydrogen) atoms. The number of methoxy groups -OCH3 is 1. The van der Waals surface area contributed by atoms with Crippen LogP contribution >= 0.6 is 11.8 Å². The first-order valence-electron chi connectivity index (χ1n) is 4.73. The molecule has 0 aromatic heterocycles. The van der Waals surface area contributed by atoms with E-state index in [2.05, 4.69) is 4.74 Å². The summed E-state index contributed by atoms with van der Waals surface area (Å²) in [5.41, 5.74) is -1.84. The van der Waals surface area contributed by atoms with Gasteiger partial charge < -0.3 is 9.84 Å².